The molecule has 0 aromatic carbocycles. The molecule has 0 spiro atoms. The monoisotopic (exact) mass is 196 g/mol. The molecular weight excluding hydrogens is 184 g/mol. The molecule has 0 aliphatic carbocycles. The van der Waals surface area contributed by atoms with Crippen LogP contribution in [0.15, 0.2) is 23.5 Å². The summed E-state index contributed by atoms with van der Waals surface area (Å²) in [5, 5.41) is 2.82. The predicted octanol–water partition coefficient (Wildman–Crippen LogP) is -0.206. The first-order valence-corrected chi connectivity index (χ1v) is 4.12. The maximum absolute atomic E-state index is 10.9. The molecule has 0 fully saturated rings. The Morgan fingerprint density at radius 2 is 2.14 bits per heavy atom. The fraction of sp³-hybridized carbons (Fsp3) is 0.333. The van der Waals surface area contributed by atoms with Crippen LogP contribution >= 0.6 is 0 Å². The molecule has 0 aromatic heterocycles. The van der Waals surface area contributed by atoms with Gasteiger partial charge in [-0.25, -0.2) is 4.79 Å². The van der Waals surface area contributed by atoms with Crippen molar-refractivity contribution in [3.05, 3.63) is 23.5 Å². The summed E-state index contributed by atoms with van der Waals surface area (Å²) in [6.45, 7) is 2.95. The van der Waals surface area contributed by atoms with Crippen molar-refractivity contribution in [1.82, 2.24) is 5.32 Å². The number of carbonyl (C=O) groups excluding carboxylic acids is 2. The number of hydrogen-bond acceptors (Lipinski definition) is 5. The summed E-state index contributed by atoms with van der Waals surface area (Å²) >= 11 is 0. The molecule has 0 saturated heterocycles. The molecule has 0 saturated carbocycles. The van der Waals surface area contributed by atoms with Crippen molar-refractivity contribution >= 4 is 11.8 Å². The minimum atomic E-state index is -0.895. The van der Waals surface area contributed by atoms with Gasteiger partial charge in [0.05, 0.1) is 5.70 Å². The van der Waals surface area contributed by atoms with Crippen molar-refractivity contribution in [3.63, 3.8) is 0 Å². The average molecular weight is 196 g/mol. The highest BCUT2D eigenvalue weighted by molar-refractivity contribution is 6.32. The number of esters is 1. The Morgan fingerprint density at radius 1 is 1.50 bits per heavy atom. The van der Waals surface area contributed by atoms with Gasteiger partial charge < -0.3 is 15.8 Å². The highest BCUT2D eigenvalue weighted by atomic mass is 16.6. The van der Waals surface area contributed by atoms with Gasteiger partial charge in [-0.3, -0.25) is 4.79 Å². The van der Waals surface area contributed by atoms with E-state index in [2.05, 4.69) is 5.32 Å². The molecule has 0 radical (unpaired) electrons. The first-order chi connectivity index (χ1) is 6.50. The van der Waals surface area contributed by atoms with E-state index in [0.717, 1.165) is 12.6 Å². The minimum Gasteiger partial charge on any atom is -0.430 e. The van der Waals surface area contributed by atoms with Crippen molar-refractivity contribution in [2.24, 2.45) is 5.73 Å². The summed E-state index contributed by atoms with van der Waals surface area (Å²) in [4.78, 5) is 21.6. The zero-order valence-corrected chi connectivity index (χ0v) is 8.03. The third-order valence-corrected chi connectivity index (χ3v) is 1.70. The van der Waals surface area contributed by atoms with Crippen LogP contribution in [0.2, 0.25) is 0 Å². The van der Waals surface area contributed by atoms with E-state index < -0.39 is 18.0 Å². The number of nitrogens with two attached hydrogens (primary N) is 1. The fourth-order valence-corrected chi connectivity index (χ4v) is 0.934. The largest absolute Gasteiger partial charge is 0.430 e. The Kier molecular flexibility index (Phi) is 2.91. The van der Waals surface area contributed by atoms with E-state index >= 15 is 0 Å². The molecule has 5 nitrogen and oxygen atoms in total. The molecule has 1 atom stereocenters. The number of dihydropyridines is 1. The Bertz CT molecular complexity index is 331. The molecule has 14 heavy (non-hydrogen) atoms. The number of nitrogens with one attached hydrogen (secondary N) is 1. The van der Waals surface area contributed by atoms with E-state index in [9.17, 15) is 9.59 Å². The summed E-state index contributed by atoms with van der Waals surface area (Å²) in [6, 6.07) is 0. The van der Waals surface area contributed by atoms with E-state index in [1.54, 1.807) is 19.1 Å². The average Bonchev–Trinajstić information content (AvgIpc) is 2.11. The van der Waals surface area contributed by atoms with Gasteiger partial charge in [-0.15, -0.1) is 0 Å². The van der Waals surface area contributed by atoms with Crippen molar-refractivity contribution in [2.75, 3.05) is 0 Å². The lowest BCUT2D eigenvalue weighted by atomic mass is 10.2. The zero-order chi connectivity index (χ0) is 10.7. The summed E-state index contributed by atoms with van der Waals surface area (Å²) in [5.74, 6) is -1.54. The molecular formula is C9H12N2O3. The first kappa shape index (κ1) is 10.3. The normalized spacial score (nSPS) is 20.3. The quantitative estimate of drug-likeness (QED) is 0.472. The van der Waals surface area contributed by atoms with Crippen LogP contribution in [0.3, 0.4) is 0 Å². The van der Waals surface area contributed by atoms with Crippen LogP contribution in [0.4, 0.5) is 0 Å². The zero-order valence-electron chi connectivity index (χ0n) is 8.03. The second-order valence-corrected chi connectivity index (χ2v) is 3.00. The van der Waals surface area contributed by atoms with Gasteiger partial charge in [0.25, 0.3) is 0 Å². The van der Waals surface area contributed by atoms with Crippen LogP contribution < -0.4 is 11.1 Å². The van der Waals surface area contributed by atoms with E-state index in [1.807, 2.05) is 0 Å². The molecule has 1 rings (SSSR count). The van der Waals surface area contributed by atoms with Gasteiger partial charge in [-0.05, 0) is 19.1 Å². The molecule has 1 aliphatic heterocycles. The lowest BCUT2D eigenvalue weighted by Gasteiger charge is -2.22. The van der Waals surface area contributed by atoms with Gasteiger partial charge in [-0.2, -0.15) is 0 Å². The van der Waals surface area contributed by atoms with Crippen LogP contribution in [0.25, 0.3) is 0 Å². The third kappa shape index (κ3) is 2.35. The van der Waals surface area contributed by atoms with Crippen LogP contribution in [-0.2, 0) is 14.3 Å². The van der Waals surface area contributed by atoms with Crippen molar-refractivity contribution < 1.29 is 14.3 Å². The van der Waals surface area contributed by atoms with Gasteiger partial charge >= 0.3 is 5.97 Å². The third-order valence-electron chi connectivity index (χ3n) is 1.70. The molecule has 3 N–H and O–H groups in total. The van der Waals surface area contributed by atoms with E-state index in [1.165, 1.54) is 0 Å². The molecule has 1 aliphatic rings. The smallest absolute Gasteiger partial charge is 0.376 e. The van der Waals surface area contributed by atoms with Gasteiger partial charge in [-0.1, -0.05) is 0 Å². The molecule has 76 valence electrons. The van der Waals surface area contributed by atoms with Crippen molar-refractivity contribution in [3.8, 4) is 0 Å². The molecule has 0 aromatic rings. The van der Waals surface area contributed by atoms with Crippen LogP contribution in [0, 0.1) is 0 Å². The number of ketones is 1. The number of carbonyl (C=O) groups is 2. The van der Waals surface area contributed by atoms with Crippen molar-refractivity contribution in [2.45, 2.75) is 20.1 Å². The Balaban J connectivity index is 2.64. The predicted molar refractivity (Wildman–Crippen MR) is 49.7 cm³/mol. The number of ether oxygens (including phenoxy) is 1. The maximum Gasteiger partial charge on any atom is 0.376 e. The number of allylic oxidation sites excluding steroid dienone is 3. The Hall–Kier alpha value is -1.78. The number of rotatable bonds is 2. The van der Waals surface area contributed by atoms with Crippen LogP contribution in [0.1, 0.15) is 13.8 Å². The fourth-order valence-electron chi connectivity index (χ4n) is 0.934. The standard InChI is InChI=1S/C9H12N2O3/c1-5-3-4-7(10)8(11-5)14-9(13)6(2)12/h3-4,8,11H,10H2,1-2H3. The molecule has 0 bridgehead atoms. The van der Waals surface area contributed by atoms with Crippen LogP contribution in [0.5, 0.6) is 0 Å². The van der Waals surface area contributed by atoms with Gasteiger partial charge in [0, 0.05) is 12.6 Å². The lowest BCUT2D eigenvalue weighted by Crippen LogP contribution is -2.40. The highest BCUT2D eigenvalue weighted by Gasteiger charge is 2.21. The summed E-state index contributed by atoms with van der Waals surface area (Å²) in [5.41, 5.74) is 6.74. The van der Waals surface area contributed by atoms with Gasteiger partial charge in [0.15, 0.2) is 0 Å². The lowest BCUT2D eigenvalue weighted by molar-refractivity contribution is -0.156. The topological polar surface area (TPSA) is 81.4 Å². The maximum atomic E-state index is 10.9. The molecule has 5 heteroatoms. The second kappa shape index (κ2) is 3.95. The molecule has 1 unspecified atom stereocenters. The first-order valence-electron chi connectivity index (χ1n) is 4.12. The van der Waals surface area contributed by atoms with E-state index in [4.69, 9.17) is 10.5 Å². The number of hydrogen-bond donors (Lipinski definition) is 2. The van der Waals surface area contributed by atoms with Crippen LogP contribution in [-0.4, -0.2) is 18.0 Å². The minimum absolute atomic E-state index is 0.366. The highest BCUT2D eigenvalue weighted by Crippen LogP contribution is 2.07. The van der Waals surface area contributed by atoms with Gasteiger partial charge in [0.1, 0.15) is 0 Å². The second-order valence-electron chi connectivity index (χ2n) is 3.00. The SMILES string of the molecule is CC(=O)C(=O)OC1NC(C)=CC=C1N. The van der Waals surface area contributed by atoms with Gasteiger partial charge in [0.2, 0.25) is 12.0 Å². The number of Topliss-reactive ketones (excluding diaryl/α,β-unsaturated/α-hetero) is 1. The summed E-state index contributed by atoms with van der Waals surface area (Å²) < 4.78 is 4.80. The van der Waals surface area contributed by atoms with Crippen molar-refractivity contribution in [1.29, 1.82) is 0 Å². The Labute approximate surface area is 81.6 Å². The van der Waals surface area contributed by atoms with E-state index in [0.29, 0.717) is 5.70 Å². The molecule has 0 amide bonds. The summed E-state index contributed by atoms with van der Waals surface area (Å²) in [7, 11) is 0. The summed E-state index contributed by atoms with van der Waals surface area (Å²) in [6.07, 6.45) is 2.65. The van der Waals surface area contributed by atoms with E-state index in [-0.39, 0.29) is 0 Å². The Morgan fingerprint density at radius 3 is 2.71 bits per heavy atom. The molecule has 1 heterocycles.